The van der Waals surface area contributed by atoms with Crippen LogP contribution in [0, 0.1) is 19.7 Å². The normalized spacial score (nSPS) is 21.2. The Morgan fingerprint density at radius 2 is 2.06 bits per heavy atom. The molecule has 1 saturated heterocycles. The fraction of sp³-hybridized carbons (Fsp3) is 0.600. The average Bonchev–Trinajstić information content (AvgIpc) is 2.79. The summed E-state index contributed by atoms with van der Waals surface area (Å²) in [5, 5.41) is 3.49. The zero-order chi connectivity index (χ0) is 13.1. The summed E-state index contributed by atoms with van der Waals surface area (Å²) in [6.45, 7) is 7.78. The monoisotopic (exact) mass is 251 g/mol. The van der Waals surface area contributed by atoms with Crippen molar-refractivity contribution in [1.29, 1.82) is 0 Å². The molecular weight excluding hydrogens is 229 g/mol. The van der Waals surface area contributed by atoms with E-state index in [0.717, 1.165) is 37.1 Å². The van der Waals surface area contributed by atoms with E-state index >= 15 is 0 Å². The summed E-state index contributed by atoms with van der Waals surface area (Å²) in [5.74, 6) is -0.156. The molecule has 1 aliphatic rings. The van der Waals surface area contributed by atoms with Gasteiger partial charge < -0.3 is 10.1 Å². The second-order valence-corrected chi connectivity index (χ2v) is 5.04. The first-order valence-electron chi connectivity index (χ1n) is 6.75. The molecule has 2 nitrogen and oxygen atoms in total. The molecule has 0 amide bonds. The molecule has 3 heteroatoms. The lowest BCUT2D eigenvalue weighted by molar-refractivity contribution is 0.0784. The largest absolute Gasteiger partial charge is 0.376 e. The van der Waals surface area contributed by atoms with E-state index in [1.54, 1.807) is 12.1 Å². The fourth-order valence-corrected chi connectivity index (χ4v) is 2.92. The van der Waals surface area contributed by atoms with E-state index in [1.165, 1.54) is 5.56 Å². The van der Waals surface area contributed by atoms with Gasteiger partial charge >= 0.3 is 0 Å². The van der Waals surface area contributed by atoms with Gasteiger partial charge in [0.25, 0.3) is 0 Å². The SMILES string of the molecule is CCNC(c1c(C)cc(F)cc1C)C1CCCO1. The molecule has 0 radical (unpaired) electrons. The van der Waals surface area contributed by atoms with Crippen LogP contribution in [0.5, 0.6) is 0 Å². The van der Waals surface area contributed by atoms with Gasteiger partial charge in [-0.3, -0.25) is 0 Å². The van der Waals surface area contributed by atoms with E-state index in [9.17, 15) is 4.39 Å². The lowest BCUT2D eigenvalue weighted by Crippen LogP contribution is -2.32. The third-order valence-electron chi connectivity index (χ3n) is 3.63. The van der Waals surface area contributed by atoms with Gasteiger partial charge in [-0.1, -0.05) is 6.92 Å². The quantitative estimate of drug-likeness (QED) is 0.886. The van der Waals surface area contributed by atoms with Gasteiger partial charge in [-0.05, 0) is 62.1 Å². The molecule has 1 fully saturated rings. The number of benzene rings is 1. The van der Waals surface area contributed by atoms with E-state index < -0.39 is 0 Å². The van der Waals surface area contributed by atoms with E-state index in [0.29, 0.717) is 0 Å². The number of rotatable bonds is 4. The van der Waals surface area contributed by atoms with Crippen LogP contribution in [0.2, 0.25) is 0 Å². The van der Waals surface area contributed by atoms with Crippen LogP contribution < -0.4 is 5.32 Å². The zero-order valence-electron chi connectivity index (χ0n) is 11.4. The Hall–Kier alpha value is -0.930. The van der Waals surface area contributed by atoms with Crippen molar-refractivity contribution >= 4 is 0 Å². The number of aryl methyl sites for hydroxylation is 2. The molecule has 1 N–H and O–H groups in total. The Morgan fingerprint density at radius 1 is 1.39 bits per heavy atom. The summed E-state index contributed by atoms with van der Waals surface area (Å²) < 4.78 is 19.2. The molecule has 2 rings (SSSR count). The molecule has 0 saturated carbocycles. The lowest BCUT2D eigenvalue weighted by Gasteiger charge is -2.27. The van der Waals surface area contributed by atoms with Gasteiger partial charge in [0, 0.05) is 6.61 Å². The molecule has 0 spiro atoms. The third kappa shape index (κ3) is 2.73. The van der Waals surface area contributed by atoms with Crippen LogP contribution in [0.4, 0.5) is 4.39 Å². The maximum Gasteiger partial charge on any atom is 0.123 e. The molecule has 18 heavy (non-hydrogen) atoms. The first-order chi connectivity index (χ1) is 8.63. The van der Waals surface area contributed by atoms with Crippen molar-refractivity contribution in [3.05, 3.63) is 34.6 Å². The van der Waals surface area contributed by atoms with Crippen LogP contribution in [0.25, 0.3) is 0 Å². The minimum atomic E-state index is -0.156. The van der Waals surface area contributed by atoms with Crippen molar-refractivity contribution in [2.24, 2.45) is 0 Å². The third-order valence-corrected chi connectivity index (χ3v) is 3.63. The van der Waals surface area contributed by atoms with Crippen molar-refractivity contribution in [3.8, 4) is 0 Å². The molecule has 1 aliphatic heterocycles. The number of hydrogen-bond donors (Lipinski definition) is 1. The molecule has 0 aromatic heterocycles. The molecule has 1 aromatic carbocycles. The van der Waals surface area contributed by atoms with Gasteiger partial charge in [0.15, 0.2) is 0 Å². The molecule has 1 aromatic rings. The number of halogens is 1. The minimum absolute atomic E-state index is 0.156. The van der Waals surface area contributed by atoms with Crippen molar-refractivity contribution in [1.82, 2.24) is 5.32 Å². The molecular formula is C15H22FNO. The molecule has 1 heterocycles. The summed E-state index contributed by atoms with van der Waals surface area (Å²) in [4.78, 5) is 0. The van der Waals surface area contributed by atoms with E-state index in [1.807, 2.05) is 13.8 Å². The smallest absolute Gasteiger partial charge is 0.123 e. The van der Waals surface area contributed by atoms with Crippen LogP contribution in [0.1, 0.15) is 42.5 Å². The van der Waals surface area contributed by atoms with Crippen molar-refractivity contribution in [2.45, 2.75) is 45.8 Å². The number of ether oxygens (including phenoxy) is 1. The second-order valence-electron chi connectivity index (χ2n) is 5.04. The molecule has 0 aliphatic carbocycles. The summed E-state index contributed by atoms with van der Waals surface area (Å²) >= 11 is 0. The standard InChI is InChI=1S/C15H22FNO/c1-4-17-15(13-6-5-7-18-13)14-10(2)8-12(16)9-11(14)3/h8-9,13,15,17H,4-7H2,1-3H3. The average molecular weight is 251 g/mol. The Balaban J connectivity index is 2.35. The highest BCUT2D eigenvalue weighted by Crippen LogP contribution is 2.31. The van der Waals surface area contributed by atoms with Crippen molar-refractivity contribution in [3.63, 3.8) is 0 Å². The van der Waals surface area contributed by atoms with Crippen molar-refractivity contribution in [2.75, 3.05) is 13.2 Å². The Bertz CT molecular complexity index is 390. The molecule has 2 unspecified atom stereocenters. The van der Waals surface area contributed by atoms with Crippen LogP contribution in [0.15, 0.2) is 12.1 Å². The first kappa shape index (κ1) is 13.5. The highest BCUT2D eigenvalue weighted by molar-refractivity contribution is 5.37. The fourth-order valence-electron chi connectivity index (χ4n) is 2.92. The number of hydrogen-bond acceptors (Lipinski definition) is 2. The maximum atomic E-state index is 13.4. The van der Waals surface area contributed by atoms with Gasteiger partial charge in [-0.25, -0.2) is 4.39 Å². The lowest BCUT2D eigenvalue weighted by atomic mass is 9.91. The Kier molecular flexibility index (Phi) is 4.36. The van der Waals surface area contributed by atoms with Gasteiger partial charge in [0.05, 0.1) is 12.1 Å². The second kappa shape index (κ2) is 5.81. The predicted octanol–water partition coefficient (Wildman–Crippen LogP) is 3.27. The predicted molar refractivity (Wildman–Crippen MR) is 71.3 cm³/mol. The zero-order valence-corrected chi connectivity index (χ0v) is 11.4. The van der Waals surface area contributed by atoms with Crippen LogP contribution in [0.3, 0.4) is 0 Å². The van der Waals surface area contributed by atoms with E-state index in [-0.39, 0.29) is 18.0 Å². The molecule has 100 valence electrons. The van der Waals surface area contributed by atoms with Gasteiger partial charge in [0.1, 0.15) is 5.82 Å². The van der Waals surface area contributed by atoms with Gasteiger partial charge in [-0.15, -0.1) is 0 Å². The molecule has 2 atom stereocenters. The summed E-state index contributed by atoms with van der Waals surface area (Å²) in [6.07, 6.45) is 2.41. The van der Waals surface area contributed by atoms with Crippen LogP contribution in [-0.4, -0.2) is 19.3 Å². The Morgan fingerprint density at radius 3 is 2.56 bits per heavy atom. The highest BCUT2D eigenvalue weighted by atomic mass is 19.1. The van der Waals surface area contributed by atoms with Gasteiger partial charge in [-0.2, -0.15) is 0 Å². The summed E-state index contributed by atoms with van der Waals surface area (Å²) in [6, 6.07) is 3.40. The van der Waals surface area contributed by atoms with Crippen molar-refractivity contribution < 1.29 is 9.13 Å². The number of nitrogens with one attached hydrogen (secondary N) is 1. The minimum Gasteiger partial charge on any atom is -0.376 e. The topological polar surface area (TPSA) is 21.3 Å². The maximum absolute atomic E-state index is 13.4. The first-order valence-corrected chi connectivity index (χ1v) is 6.75. The molecule has 0 bridgehead atoms. The summed E-state index contributed by atoms with van der Waals surface area (Å²) in [5.41, 5.74) is 3.22. The van der Waals surface area contributed by atoms with E-state index in [4.69, 9.17) is 4.74 Å². The van der Waals surface area contributed by atoms with E-state index in [2.05, 4.69) is 12.2 Å². The van der Waals surface area contributed by atoms with Gasteiger partial charge in [0.2, 0.25) is 0 Å². The van der Waals surface area contributed by atoms with Crippen LogP contribution >= 0.6 is 0 Å². The summed E-state index contributed by atoms with van der Waals surface area (Å²) in [7, 11) is 0. The highest BCUT2D eigenvalue weighted by Gasteiger charge is 2.28. The number of likely N-dealkylation sites (N-methyl/N-ethyl adjacent to an activating group) is 1. The Labute approximate surface area is 109 Å². The van der Waals surface area contributed by atoms with Crippen LogP contribution in [-0.2, 0) is 4.74 Å².